The maximum absolute atomic E-state index is 13.9. The van der Waals surface area contributed by atoms with E-state index >= 15 is 0 Å². The summed E-state index contributed by atoms with van der Waals surface area (Å²) >= 11 is 0. The zero-order valence-corrected chi connectivity index (χ0v) is 15.5. The van der Waals surface area contributed by atoms with E-state index in [0.717, 1.165) is 29.4 Å². The highest BCUT2D eigenvalue weighted by atomic mass is 19.2. The van der Waals surface area contributed by atoms with Gasteiger partial charge in [0.2, 0.25) is 5.95 Å². The molecule has 4 rings (SSSR count). The van der Waals surface area contributed by atoms with Crippen LogP contribution in [-0.2, 0) is 19.5 Å². The second kappa shape index (κ2) is 7.90. The highest BCUT2D eigenvalue weighted by Gasteiger charge is 2.20. The lowest BCUT2D eigenvalue weighted by atomic mass is 10.1. The van der Waals surface area contributed by atoms with Gasteiger partial charge < -0.3 is 10.1 Å². The SMILES string of the molecule is COc1ccccc1Nc1ncc2c(n1)CCN(Cc1cccc(F)c1F)C2. The van der Waals surface area contributed by atoms with Gasteiger partial charge in [-0.15, -0.1) is 0 Å². The second-order valence-electron chi connectivity index (χ2n) is 6.66. The van der Waals surface area contributed by atoms with E-state index < -0.39 is 11.6 Å². The van der Waals surface area contributed by atoms with Gasteiger partial charge in [0.25, 0.3) is 0 Å². The van der Waals surface area contributed by atoms with E-state index in [4.69, 9.17) is 4.74 Å². The molecule has 0 spiro atoms. The summed E-state index contributed by atoms with van der Waals surface area (Å²) in [6.45, 7) is 1.67. The summed E-state index contributed by atoms with van der Waals surface area (Å²) in [5.74, 6) is -0.369. The summed E-state index contributed by atoms with van der Waals surface area (Å²) in [6.07, 6.45) is 2.50. The Morgan fingerprint density at radius 2 is 2.00 bits per heavy atom. The lowest BCUT2D eigenvalue weighted by molar-refractivity contribution is 0.238. The fraction of sp³-hybridized carbons (Fsp3) is 0.238. The van der Waals surface area contributed by atoms with Crippen LogP contribution in [-0.4, -0.2) is 28.5 Å². The molecule has 0 fully saturated rings. The topological polar surface area (TPSA) is 50.3 Å². The van der Waals surface area contributed by atoms with Gasteiger partial charge in [-0.1, -0.05) is 24.3 Å². The van der Waals surface area contributed by atoms with Gasteiger partial charge in [-0.25, -0.2) is 18.7 Å². The standard InChI is InChI=1S/C21H20F2N4O/c1-28-19-8-3-2-7-18(19)26-21-24-11-15-13-27(10-9-17(15)25-21)12-14-5-4-6-16(22)20(14)23/h2-8,11H,9-10,12-13H2,1H3,(H,24,25,26). The number of aromatic nitrogens is 2. The van der Waals surface area contributed by atoms with Gasteiger partial charge in [0.15, 0.2) is 11.6 Å². The van der Waals surface area contributed by atoms with E-state index in [1.165, 1.54) is 6.07 Å². The Morgan fingerprint density at radius 1 is 1.14 bits per heavy atom. The van der Waals surface area contributed by atoms with Crippen molar-refractivity contribution in [3.05, 3.63) is 77.1 Å². The highest BCUT2D eigenvalue weighted by molar-refractivity contribution is 5.62. The van der Waals surface area contributed by atoms with Gasteiger partial charge >= 0.3 is 0 Å². The third kappa shape index (κ3) is 3.80. The molecule has 2 aromatic carbocycles. The number of anilines is 2. The van der Waals surface area contributed by atoms with E-state index in [1.807, 2.05) is 24.3 Å². The van der Waals surface area contributed by atoms with Crippen molar-refractivity contribution >= 4 is 11.6 Å². The number of fused-ring (bicyclic) bond motifs is 1. The number of para-hydroxylation sites is 2. The molecule has 2 heterocycles. The van der Waals surface area contributed by atoms with Crippen LogP contribution in [0.15, 0.2) is 48.7 Å². The van der Waals surface area contributed by atoms with E-state index in [0.29, 0.717) is 36.9 Å². The third-order valence-corrected chi connectivity index (χ3v) is 4.79. The first-order valence-electron chi connectivity index (χ1n) is 9.04. The van der Waals surface area contributed by atoms with Crippen molar-refractivity contribution in [2.24, 2.45) is 0 Å². The van der Waals surface area contributed by atoms with Crippen LogP contribution in [0.5, 0.6) is 5.75 Å². The number of ether oxygens (including phenoxy) is 1. The van der Waals surface area contributed by atoms with Crippen LogP contribution >= 0.6 is 0 Å². The molecule has 0 saturated heterocycles. The minimum atomic E-state index is -0.815. The highest BCUT2D eigenvalue weighted by Crippen LogP contribution is 2.27. The molecule has 1 N–H and O–H groups in total. The van der Waals surface area contributed by atoms with Crippen LogP contribution in [0.4, 0.5) is 20.4 Å². The van der Waals surface area contributed by atoms with Gasteiger partial charge in [-0.05, 0) is 18.2 Å². The van der Waals surface area contributed by atoms with Crippen LogP contribution in [0.25, 0.3) is 0 Å². The molecule has 1 aliphatic heterocycles. The third-order valence-electron chi connectivity index (χ3n) is 4.79. The number of benzene rings is 2. The Bertz CT molecular complexity index is 996. The van der Waals surface area contributed by atoms with Gasteiger partial charge in [0.1, 0.15) is 5.75 Å². The number of nitrogens with zero attached hydrogens (tertiary/aromatic N) is 3. The van der Waals surface area contributed by atoms with Crippen LogP contribution in [0.2, 0.25) is 0 Å². The summed E-state index contributed by atoms with van der Waals surface area (Å²) in [5, 5.41) is 3.19. The smallest absolute Gasteiger partial charge is 0.227 e. The van der Waals surface area contributed by atoms with Crippen LogP contribution < -0.4 is 10.1 Å². The molecule has 0 amide bonds. The molecule has 5 nitrogen and oxygen atoms in total. The minimum absolute atomic E-state index is 0.351. The minimum Gasteiger partial charge on any atom is -0.495 e. The van der Waals surface area contributed by atoms with Crippen LogP contribution in [0, 0.1) is 11.6 Å². The molecule has 0 atom stereocenters. The maximum Gasteiger partial charge on any atom is 0.227 e. The van der Waals surface area contributed by atoms with E-state index in [2.05, 4.69) is 20.2 Å². The predicted molar refractivity (Wildman–Crippen MR) is 102 cm³/mol. The van der Waals surface area contributed by atoms with Crippen molar-refractivity contribution in [2.45, 2.75) is 19.5 Å². The molecule has 0 aliphatic carbocycles. The van der Waals surface area contributed by atoms with Crippen molar-refractivity contribution in [2.75, 3.05) is 19.0 Å². The molecule has 3 aromatic rings. The van der Waals surface area contributed by atoms with Gasteiger partial charge in [0.05, 0.1) is 18.5 Å². The molecular weight excluding hydrogens is 362 g/mol. The number of hydrogen-bond donors (Lipinski definition) is 1. The number of halogens is 2. The number of methoxy groups -OCH3 is 1. The fourth-order valence-corrected chi connectivity index (χ4v) is 3.35. The summed E-state index contributed by atoms with van der Waals surface area (Å²) < 4.78 is 32.7. The zero-order chi connectivity index (χ0) is 19.5. The van der Waals surface area contributed by atoms with E-state index in [9.17, 15) is 8.78 Å². The van der Waals surface area contributed by atoms with Crippen LogP contribution in [0.3, 0.4) is 0 Å². The predicted octanol–water partition coefficient (Wildman–Crippen LogP) is 4.07. The first-order valence-corrected chi connectivity index (χ1v) is 9.04. The first-order chi connectivity index (χ1) is 13.6. The largest absolute Gasteiger partial charge is 0.495 e. The van der Waals surface area contributed by atoms with Crippen molar-refractivity contribution in [1.29, 1.82) is 0 Å². The molecule has 0 bridgehead atoms. The molecule has 0 saturated carbocycles. The average Bonchev–Trinajstić information content (AvgIpc) is 2.72. The van der Waals surface area contributed by atoms with Gasteiger partial charge in [0, 0.05) is 43.4 Å². The lowest BCUT2D eigenvalue weighted by Gasteiger charge is -2.28. The lowest BCUT2D eigenvalue weighted by Crippen LogP contribution is -2.31. The molecular formula is C21H20F2N4O. The van der Waals surface area contributed by atoms with Gasteiger partial charge in [-0.2, -0.15) is 0 Å². The molecule has 0 unspecified atom stereocenters. The number of rotatable bonds is 5. The Balaban J connectivity index is 1.48. The van der Waals surface area contributed by atoms with Gasteiger partial charge in [-0.3, -0.25) is 4.90 Å². The quantitative estimate of drug-likeness (QED) is 0.721. The fourth-order valence-electron chi connectivity index (χ4n) is 3.35. The molecule has 0 radical (unpaired) electrons. The Morgan fingerprint density at radius 3 is 2.86 bits per heavy atom. The second-order valence-corrected chi connectivity index (χ2v) is 6.66. The Labute approximate surface area is 162 Å². The van der Waals surface area contributed by atoms with Crippen molar-refractivity contribution in [3.8, 4) is 5.75 Å². The zero-order valence-electron chi connectivity index (χ0n) is 15.5. The monoisotopic (exact) mass is 382 g/mol. The summed E-state index contributed by atoms with van der Waals surface area (Å²) in [7, 11) is 1.62. The van der Waals surface area contributed by atoms with Crippen molar-refractivity contribution < 1.29 is 13.5 Å². The Kier molecular flexibility index (Phi) is 5.16. The van der Waals surface area contributed by atoms with Crippen molar-refractivity contribution in [1.82, 2.24) is 14.9 Å². The summed E-state index contributed by atoms with van der Waals surface area (Å²) in [4.78, 5) is 11.1. The van der Waals surface area contributed by atoms with E-state index in [-0.39, 0.29) is 0 Å². The number of hydrogen-bond acceptors (Lipinski definition) is 5. The molecule has 1 aromatic heterocycles. The normalized spacial score (nSPS) is 13.8. The van der Waals surface area contributed by atoms with Crippen molar-refractivity contribution in [3.63, 3.8) is 0 Å². The summed E-state index contributed by atoms with van der Waals surface area (Å²) in [5.41, 5.74) is 3.11. The van der Waals surface area contributed by atoms with E-state index in [1.54, 1.807) is 19.4 Å². The Hall–Kier alpha value is -3.06. The average molecular weight is 382 g/mol. The molecule has 28 heavy (non-hydrogen) atoms. The molecule has 7 heteroatoms. The van der Waals surface area contributed by atoms with Crippen LogP contribution in [0.1, 0.15) is 16.8 Å². The number of nitrogens with one attached hydrogen (secondary N) is 1. The summed E-state index contributed by atoms with van der Waals surface area (Å²) in [6, 6.07) is 11.9. The molecule has 1 aliphatic rings. The first kappa shape index (κ1) is 18.3. The maximum atomic E-state index is 13.9. The molecule has 144 valence electrons.